The number of nitrogens with zero attached hydrogens (tertiary/aromatic N) is 2. The second kappa shape index (κ2) is 5.00. The maximum atomic E-state index is 4.42. The molecule has 1 aliphatic carbocycles. The highest BCUT2D eigenvalue weighted by Gasteiger charge is 2.32. The van der Waals surface area contributed by atoms with E-state index < -0.39 is 0 Å². The van der Waals surface area contributed by atoms with Crippen LogP contribution in [0.25, 0.3) is 0 Å². The SMILES string of the molecule is Cc1cnn(C2CCC2CNCC(C)C)c1. The fourth-order valence-electron chi connectivity index (χ4n) is 2.31. The summed E-state index contributed by atoms with van der Waals surface area (Å²) >= 11 is 0. The van der Waals surface area contributed by atoms with Crippen molar-refractivity contribution in [1.82, 2.24) is 15.1 Å². The summed E-state index contributed by atoms with van der Waals surface area (Å²) in [7, 11) is 0. The van der Waals surface area contributed by atoms with Crippen molar-refractivity contribution in [2.45, 2.75) is 39.7 Å². The first-order valence-electron chi connectivity index (χ1n) is 6.38. The molecule has 3 nitrogen and oxygen atoms in total. The first-order chi connectivity index (χ1) is 7.66. The molecule has 1 fully saturated rings. The Labute approximate surface area is 98.2 Å². The van der Waals surface area contributed by atoms with Crippen LogP contribution < -0.4 is 5.32 Å². The molecule has 0 bridgehead atoms. The van der Waals surface area contributed by atoms with E-state index in [1.54, 1.807) is 0 Å². The average Bonchev–Trinajstić information content (AvgIpc) is 2.57. The first-order valence-corrected chi connectivity index (χ1v) is 6.38. The molecular formula is C13H23N3. The predicted octanol–water partition coefficient (Wildman–Crippen LogP) is 2.39. The Kier molecular flexibility index (Phi) is 3.64. The first kappa shape index (κ1) is 11.6. The van der Waals surface area contributed by atoms with Crippen LogP contribution in [0.2, 0.25) is 0 Å². The summed E-state index contributed by atoms with van der Waals surface area (Å²) in [5.41, 5.74) is 1.26. The minimum absolute atomic E-state index is 0.633. The number of hydrogen-bond acceptors (Lipinski definition) is 2. The van der Waals surface area contributed by atoms with Gasteiger partial charge in [0.1, 0.15) is 0 Å². The third-order valence-corrected chi connectivity index (χ3v) is 3.41. The quantitative estimate of drug-likeness (QED) is 0.827. The second-order valence-electron chi connectivity index (χ2n) is 5.45. The topological polar surface area (TPSA) is 29.9 Å². The number of hydrogen-bond donors (Lipinski definition) is 1. The zero-order chi connectivity index (χ0) is 11.5. The Morgan fingerprint density at radius 2 is 2.31 bits per heavy atom. The van der Waals surface area contributed by atoms with E-state index >= 15 is 0 Å². The van der Waals surface area contributed by atoms with Crippen LogP contribution in [0.1, 0.15) is 38.3 Å². The lowest BCUT2D eigenvalue weighted by atomic mass is 9.79. The normalized spacial score (nSPS) is 24.8. The van der Waals surface area contributed by atoms with Gasteiger partial charge in [-0.1, -0.05) is 13.8 Å². The van der Waals surface area contributed by atoms with Gasteiger partial charge in [-0.2, -0.15) is 5.10 Å². The molecule has 0 aromatic carbocycles. The lowest BCUT2D eigenvalue weighted by molar-refractivity contribution is 0.162. The summed E-state index contributed by atoms with van der Waals surface area (Å²) in [6, 6.07) is 0.633. The molecule has 0 amide bonds. The van der Waals surface area contributed by atoms with E-state index in [9.17, 15) is 0 Å². The van der Waals surface area contributed by atoms with Crippen LogP contribution in [0.4, 0.5) is 0 Å². The second-order valence-corrected chi connectivity index (χ2v) is 5.45. The maximum absolute atomic E-state index is 4.42. The van der Waals surface area contributed by atoms with Gasteiger partial charge in [0.05, 0.1) is 12.2 Å². The molecule has 0 radical (unpaired) electrons. The Hall–Kier alpha value is -0.830. The van der Waals surface area contributed by atoms with Gasteiger partial charge < -0.3 is 5.32 Å². The Morgan fingerprint density at radius 3 is 2.81 bits per heavy atom. The standard InChI is InChI=1S/C13H23N3/c1-10(2)6-14-8-12-4-5-13(12)16-9-11(3)7-15-16/h7,9-10,12-14H,4-6,8H2,1-3H3. The van der Waals surface area contributed by atoms with Crippen molar-refractivity contribution in [3.63, 3.8) is 0 Å². The largest absolute Gasteiger partial charge is 0.316 e. The number of rotatable bonds is 5. The predicted molar refractivity (Wildman–Crippen MR) is 66.4 cm³/mol. The van der Waals surface area contributed by atoms with Crippen LogP contribution in [0.3, 0.4) is 0 Å². The van der Waals surface area contributed by atoms with Gasteiger partial charge in [0.15, 0.2) is 0 Å². The van der Waals surface area contributed by atoms with Crippen molar-refractivity contribution in [2.75, 3.05) is 13.1 Å². The van der Waals surface area contributed by atoms with E-state index in [-0.39, 0.29) is 0 Å². The summed E-state index contributed by atoms with van der Waals surface area (Å²) < 4.78 is 2.15. The Morgan fingerprint density at radius 1 is 1.50 bits per heavy atom. The van der Waals surface area contributed by atoms with Gasteiger partial charge in [0, 0.05) is 12.7 Å². The lowest BCUT2D eigenvalue weighted by Gasteiger charge is -2.37. The van der Waals surface area contributed by atoms with Crippen LogP contribution in [0.15, 0.2) is 12.4 Å². The Bertz CT molecular complexity index is 330. The molecule has 1 aliphatic rings. The van der Waals surface area contributed by atoms with E-state index in [4.69, 9.17) is 0 Å². The monoisotopic (exact) mass is 221 g/mol. The molecule has 3 heteroatoms. The molecule has 1 N–H and O–H groups in total. The molecule has 90 valence electrons. The molecule has 0 spiro atoms. The minimum atomic E-state index is 0.633. The van der Waals surface area contributed by atoms with Crippen LogP contribution in [-0.4, -0.2) is 22.9 Å². The number of aromatic nitrogens is 2. The summed E-state index contributed by atoms with van der Waals surface area (Å²) in [6.07, 6.45) is 6.75. The molecule has 2 rings (SSSR count). The highest BCUT2D eigenvalue weighted by molar-refractivity contribution is 5.02. The van der Waals surface area contributed by atoms with Crippen molar-refractivity contribution in [1.29, 1.82) is 0 Å². The van der Waals surface area contributed by atoms with Gasteiger partial charge in [-0.05, 0) is 43.7 Å². The third-order valence-electron chi connectivity index (χ3n) is 3.41. The molecule has 0 aliphatic heterocycles. The third kappa shape index (κ3) is 2.64. The molecular weight excluding hydrogens is 198 g/mol. The number of aryl methyl sites for hydroxylation is 1. The molecule has 1 aromatic heterocycles. The zero-order valence-corrected chi connectivity index (χ0v) is 10.6. The van der Waals surface area contributed by atoms with Gasteiger partial charge in [-0.3, -0.25) is 4.68 Å². The lowest BCUT2D eigenvalue weighted by Crippen LogP contribution is -2.38. The summed E-state index contributed by atoms with van der Waals surface area (Å²) in [6.45, 7) is 8.88. The average molecular weight is 221 g/mol. The van der Waals surface area contributed by atoms with Gasteiger partial charge in [0.25, 0.3) is 0 Å². The minimum Gasteiger partial charge on any atom is -0.316 e. The fraction of sp³-hybridized carbons (Fsp3) is 0.769. The number of nitrogens with one attached hydrogen (secondary N) is 1. The van der Waals surface area contributed by atoms with E-state index in [0.717, 1.165) is 24.9 Å². The smallest absolute Gasteiger partial charge is 0.0559 e. The van der Waals surface area contributed by atoms with Crippen LogP contribution in [-0.2, 0) is 0 Å². The Balaban J connectivity index is 1.80. The summed E-state index contributed by atoms with van der Waals surface area (Å²) in [4.78, 5) is 0. The van der Waals surface area contributed by atoms with Crippen LogP contribution >= 0.6 is 0 Å². The molecule has 16 heavy (non-hydrogen) atoms. The maximum Gasteiger partial charge on any atom is 0.0559 e. The summed E-state index contributed by atoms with van der Waals surface area (Å²) in [5, 5.41) is 7.97. The zero-order valence-electron chi connectivity index (χ0n) is 10.6. The van der Waals surface area contributed by atoms with Crippen molar-refractivity contribution >= 4 is 0 Å². The van der Waals surface area contributed by atoms with Gasteiger partial charge in [-0.15, -0.1) is 0 Å². The van der Waals surface area contributed by atoms with Crippen LogP contribution in [0, 0.1) is 18.8 Å². The molecule has 2 unspecified atom stereocenters. The molecule has 0 saturated heterocycles. The molecule has 1 heterocycles. The van der Waals surface area contributed by atoms with Gasteiger partial charge in [0.2, 0.25) is 0 Å². The van der Waals surface area contributed by atoms with E-state index in [1.807, 2.05) is 6.20 Å². The van der Waals surface area contributed by atoms with Gasteiger partial charge >= 0.3 is 0 Å². The molecule has 1 saturated carbocycles. The van der Waals surface area contributed by atoms with E-state index in [1.165, 1.54) is 18.4 Å². The van der Waals surface area contributed by atoms with E-state index in [0.29, 0.717) is 6.04 Å². The van der Waals surface area contributed by atoms with Crippen molar-refractivity contribution < 1.29 is 0 Å². The highest BCUT2D eigenvalue weighted by Crippen LogP contribution is 2.37. The van der Waals surface area contributed by atoms with E-state index in [2.05, 4.69) is 42.1 Å². The molecule has 1 aromatic rings. The van der Waals surface area contributed by atoms with Crippen molar-refractivity contribution in [3.8, 4) is 0 Å². The summed E-state index contributed by atoms with van der Waals surface area (Å²) in [5.74, 6) is 1.52. The highest BCUT2D eigenvalue weighted by atomic mass is 15.3. The van der Waals surface area contributed by atoms with Crippen molar-refractivity contribution in [2.24, 2.45) is 11.8 Å². The van der Waals surface area contributed by atoms with Crippen LogP contribution in [0.5, 0.6) is 0 Å². The van der Waals surface area contributed by atoms with Gasteiger partial charge in [-0.25, -0.2) is 0 Å². The van der Waals surface area contributed by atoms with Crippen molar-refractivity contribution in [3.05, 3.63) is 18.0 Å². The molecule has 2 atom stereocenters. The fourth-order valence-corrected chi connectivity index (χ4v) is 2.31.